The highest BCUT2D eigenvalue weighted by Crippen LogP contribution is 2.28. The van der Waals surface area contributed by atoms with Gasteiger partial charge in [-0.2, -0.15) is 5.10 Å². The van der Waals surface area contributed by atoms with Crippen LogP contribution in [0.15, 0.2) is 59.3 Å². The van der Waals surface area contributed by atoms with Crippen LogP contribution in [0.2, 0.25) is 0 Å². The molecule has 2 heterocycles. The minimum Gasteiger partial charge on any atom is -0.483 e. The predicted molar refractivity (Wildman–Crippen MR) is 102 cm³/mol. The largest absolute Gasteiger partial charge is 0.483 e. The lowest BCUT2D eigenvalue weighted by Gasteiger charge is -2.15. The molecule has 1 fully saturated rings. The molecule has 29 heavy (non-hydrogen) atoms. The number of nitrogens with zero attached hydrogens (tertiary/aromatic N) is 2. The van der Waals surface area contributed by atoms with Crippen molar-refractivity contribution in [2.75, 3.05) is 0 Å². The number of nitrogens with one attached hydrogen (secondary N) is 1. The summed E-state index contributed by atoms with van der Waals surface area (Å²) < 4.78 is 26.3. The summed E-state index contributed by atoms with van der Waals surface area (Å²) in [5.41, 5.74) is 0. The number of carbonyl (C=O) groups excluding carboxylic acids is 1. The topological polar surface area (TPSA) is 89.5 Å². The van der Waals surface area contributed by atoms with Gasteiger partial charge >= 0.3 is 0 Å². The Morgan fingerprint density at radius 3 is 2.93 bits per heavy atom. The molecule has 1 amide bonds. The number of aliphatic hydroxyl groups excluding tert-OH is 1. The Morgan fingerprint density at radius 1 is 1.28 bits per heavy atom. The Labute approximate surface area is 167 Å². The van der Waals surface area contributed by atoms with E-state index in [1.165, 1.54) is 18.2 Å². The molecule has 2 N–H and O–H groups in total. The third kappa shape index (κ3) is 4.65. The van der Waals surface area contributed by atoms with Gasteiger partial charge in [0.15, 0.2) is 17.3 Å². The summed E-state index contributed by atoms with van der Waals surface area (Å²) in [5, 5.41) is 17.3. The Balaban J connectivity index is 1.30. The summed E-state index contributed by atoms with van der Waals surface area (Å²) in [4.78, 5) is 12.5. The van der Waals surface area contributed by atoms with Crippen LogP contribution in [0.3, 0.4) is 0 Å². The monoisotopic (exact) mass is 399 g/mol. The highest BCUT2D eigenvalue weighted by atomic mass is 19.1. The van der Waals surface area contributed by atoms with E-state index in [-0.39, 0.29) is 30.1 Å². The average Bonchev–Trinajstić information content (AvgIpc) is 3.44. The van der Waals surface area contributed by atoms with Crippen molar-refractivity contribution in [1.29, 1.82) is 0 Å². The van der Waals surface area contributed by atoms with E-state index < -0.39 is 17.8 Å². The van der Waals surface area contributed by atoms with E-state index in [1.807, 2.05) is 16.9 Å². The zero-order valence-electron chi connectivity index (χ0n) is 15.7. The van der Waals surface area contributed by atoms with Gasteiger partial charge in [-0.15, -0.1) is 0 Å². The van der Waals surface area contributed by atoms with Crippen molar-refractivity contribution in [3.8, 4) is 5.75 Å². The third-order valence-corrected chi connectivity index (χ3v) is 5.04. The van der Waals surface area contributed by atoms with Crippen molar-refractivity contribution < 1.29 is 23.4 Å². The molecule has 4 rings (SSSR count). The molecule has 8 heteroatoms. The standard InChI is InChI=1S/C21H22FN3O4/c22-16-4-1-2-5-19(16)28-13-15-6-7-20(29-15)21(27)24-17-10-14(11-18(17)26)12-25-9-3-8-23-25/h1-9,14,17-18,26H,10-13H2,(H,24,27)/t14?,17-,18-/m1/s1. The molecule has 3 atom stereocenters. The van der Waals surface area contributed by atoms with Crippen LogP contribution >= 0.6 is 0 Å². The Morgan fingerprint density at radius 2 is 2.14 bits per heavy atom. The maximum atomic E-state index is 13.6. The molecule has 0 radical (unpaired) electrons. The fraction of sp³-hybridized carbons (Fsp3) is 0.333. The lowest BCUT2D eigenvalue weighted by Crippen LogP contribution is -2.39. The molecule has 7 nitrogen and oxygen atoms in total. The maximum absolute atomic E-state index is 13.6. The Hall–Kier alpha value is -3.13. The van der Waals surface area contributed by atoms with Crippen LogP contribution in [0.5, 0.6) is 5.75 Å². The number of aromatic nitrogens is 2. The fourth-order valence-corrected chi connectivity index (χ4v) is 3.62. The summed E-state index contributed by atoms with van der Waals surface area (Å²) in [6.07, 6.45) is 4.25. The molecule has 0 aliphatic heterocycles. The highest BCUT2D eigenvalue weighted by Gasteiger charge is 2.34. The van der Waals surface area contributed by atoms with Crippen LogP contribution in [-0.4, -0.2) is 32.9 Å². The van der Waals surface area contributed by atoms with Gasteiger partial charge in [-0.3, -0.25) is 9.48 Å². The molecule has 2 aromatic heterocycles. The molecule has 1 aliphatic rings. The minimum absolute atomic E-state index is 0.00616. The predicted octanol–water partition coefficient (Wildman–Crippen LogP) is 2.76. The van der Waals surface area contributed by atoms with Gasteiger partial charge in [0.2, 0.25) is 0 Å². The average molecular weight is 399 g/mol. The lowest BCUT2D eigenvalue weighted by molar-refractivity contribution is 0.0842. The molecule has 0 saturated heterocycles. The van der Waals surface area contributed by atoms with Crippen LogP contribution in [0.1, 0.15) is 29.2 Å². The van der Waals surface area contributed by atoms with Crippen molar-refractivity contribution in [3.05, 3.63) is 72.2 Å². The van der Waals surface area contributed by atoms with E-state index >= 15 is 0 Å². The molecule has 1 aliphatic carbocycles. The second-order valence-corrected chi connectivity index (χ2v) is 7.20. The van der Waals surface area contributed by atoms with Gasteiger partial charge in [-0.1, -0.05) is 12.1 Å². The second kappa shape index (κ2) is 8.48. The fourth-order valence-electron chi connectivity index (χ4n) is 3.62. The van der Waals surface area contributed by atoms with Gasteiger partial charge < -0.3 is 19.6 Å². The van der Waals surface area contributed by atoms with Crippen LogP contribution in [0.25, 0.3) is 0 Å². The van der Waals surface area contributed by atoms with Gasteiger partial charge in [-0.25, -0.2) is 4.39 Å². The highest BCUT2D eigenvalue weighted by molar-refractivity contribution is 5.91. The molecular formula is C21H22FN3O4. The second-order valence-electron chi connectivity index (χ2n) is 7.20. The summed E-state index contributed by atoms with van der Waals surface area (Å²) in [6, 6.07) is 10.7. The number of rotatable bonds is 7. The van der Waals surface area contributed by atoms with E-state index in [9.17, 15) is 14.3 Å². The lowest BCUT2D eigenvalue weighted by atomic mass is 10.1. The molecule has 1 aromatic carbocycles. The molecular weight excluding hydrogens is 377 g/mol. The van der Waals surface area contributed by atoms with E-state index in [4.69, 9.17) is 9.15 Å². The number of halogens is 1. The van der Waals surface area contributed by atoms with E-state index in [2.05, 4.69) is 10.4 Å². The van der Waals surface area contributed by atoms with Gasteiger partial charge in [0.1, 0.15) is 12.4 Å². The first kappa shape index (κ1) is 19.2. The zero-order valence-corrected chi connectivity index (χ0v) is 15.7. The third-order valence-electron chi connectivity index (χ3n) is 5.04. The summed E-state index contributed by atoms with van der Waals surface area (Å²) in [5.74, 6) is 0.0216. The molecule has 0 bridgehead atoms. The van der Waals surface area contributed by atoms with Crippen LogP contribution in [-0.2, 0) is 13.2 Å². The molecule has 1 unspecified atom stereocenters. The van der Waals surface area contributed by atoms with Crippen LogP contribution in [0, 0.1) is 11.7 Å². The quantitative estimate of drug-likeness (QED) is 0.638. The SMILES string of the molecule is O=C(N[C@@H]1CC(Cn2cccn2)C[C@H]1O)c1ccc(COc2ccccc2F)o1. The van der Waals surface area contributed by atoms with Crippen molar-refractivity contribution >= 4 is 5.91 Å². The van der Waals surface area contributed by atoms with Gasteiger partial charge in [0.05, 0.1) is 12.1 Å². The summed E-state index contributed by atoms with van der Waals surface area (Å²) in [6.45, 7) is 0.709. The number of hydrogen-bond donors (Lipinski definition) is 2. The molecule has 3 aromatic rings. The van der Waals surface area contributed by atoms with E-state index in [0.717, 1.165) is 0 Å². The number of furan rings is 1. The van der Waals surface area contributed by atoms with Crippen molar-refractivity contribution in [2.24, 2.45) is 5.92 Å². The Kier molecular flexibility index (Phi) is 5.62. The van der Waals surface area contributed by atoms with Crippen LogP contribution < -0.4 is 10.1 Å². The van der Waals surface area contributed by atoms with E-state index in [1.54, 1.807) is 24.4 Å². The number of para-hydroxylation sites is 1. The molecule has 152 valence electrons. The summed E-state index contributed by atoms with van der Waals surface area (Å²) in [7, 11) is 0. The zero-order chi connectivity index (χ0) is 20.2. The first-order valence-corrected chi connectivity index (χ1v) is 9.51. The Bertz CT molecular complexity index is 957. The van der Waals surface area contributed by atoms with Crippen molar-refractivity contribution in [1.82, 2.24) is 15.1 Å². The first-order valence-electron chi connectivity index (χ1n) is 9.51. The number of carbonyl (C=O) groups is 1. The van der Waals surface area contributed by atoms with Gasteiger partial charge in [0.25, 0.3) is 5.91 Å². The number of benzene rings is 1. The number of aliphatic hydroxyl groups is 1. The summed E-state index contributed by atoms with van der Waals surface area (Å²) >= 11 is 0. The van der Waals surface area contributed by atoms with Crippen molar-refractivity contribution in [2.45, 2.75) is 38.1 Å². The van der Waals surface area contributed by atoms with E-state index in [0.29, 0.717) is 25.1 Å². The van der Waals surface area contributed by atoms with Crippen molar-refractivity contribution in [3.63, 3.8) is 0 Å². The van der Waals surface area contributed by atoms with Gasteiger partial charge in [0, 0.05) is 18.9 Å². The van der Waals surface area contributed by atoms with Gasteiger partial charge in [-0.05, 0) is 49.1 Å². The number of amides is 1. The maximum Gasteiger partial charge on any atom is 0.287 e. The van der Waals surface area contributed by atoms with Crippen LogP contribution in [0.4, 0.5) is 4.39 Å². The molecule has 1 saturated carbocycles. The smallest absolute Gasteiger partial charge is 0.287 e. The normalized spacial score (nSPS) is 21.2. The minimum atomic E-state index is -0.613. The number of hydrogen-bond acceptors (Lipinski definition) is 5. The number of ether oxygens (including phenoxy) is 1. The first-order chi connectivity index (χ1) is 14.1. The molecule has 0 spiro atoms.